The first-order valence-corrected chi connectivity index (χ1v) is 8.22. The molecular weight excluding hydrogens is 367 g/mol. The topological polar surface area (TPSA) is 38.3 Å². The lowest BCUT2D eigenvalue weighted by molar-refractivity contribution is -0.137. The lowest BCUT2D eigenvalue weighted by Gasteiger charge is -2.09. The van der Waals surface area contributed by atoms with Crippen LogP contribution in [0.1, 0.15) is 23.1 Å². The molecule has 2 aromatic rings. The van der Waals surface area contributed by atoms with E-state index in [0.717, 1.165) is 11.6 Å². The summed E-state index contributed by atoms with van der Waals surface area (Å²) in [6, 6.07) is 12.8. The summed E-state index contributed by atoms with van der Waals surface area (Å²) in [5.41, 5.74) is 0.579. The largest absolute Gasteiger partial charge is 0.445 e. The average Bonchev–Trinajstić information content (AvgIpc) is 2.59. The Kier molecular flexibility index (Phi) is 7.09. The van der Waals surface area contributed by atoms with Crippen molar-refractivity contribution in [2.75, 3.05) is 6.54 Å². The normalized spacial score (nSPS) is 11.5. The standard InChI is InChI=1S/C19H17ClF3NO2/c20-17-12-14(9-10-16(17)19(21,22)23)6-4-5-11-24-18(25)26-13-15-7-2-1-3-8-15/h1-4,6-10,12H,5,11,13H2,(H,24,25). The molecule has 0 bridgehead atoms. The van der Waals surface area contributed by atoms with Crippen LogP contribution in [0.3, 0.4) is 0 Å². The second kappa shape index (κ2) is 9.29. The molecule has 0 heterocycles. The van der Waals surface area contributed by atoms with Crippen molar-refractivity contribution in [3.8, 4) is 0 Å². The van der Waals surface area contributed by atoms with Crippen molar-refractivity contribution in [1.29, 1.82) is 0 Å². The van der Waals surface area contributed by atoms with Crippen LogP contribution in [0.2, 0.25) is 5.02 Å². The van der Waals surface area contributed by atoms with Gasteiger partial charge < -0.3 is 10.1 Å². The van der Waals surface area contributed by atoms with E-state index in [4.69, 9.17) is 16.3 Å². The number of benzene rings is 2. The molecule has 0 saturated heterocycles. The van der Waals surface area contributed by atoms with Gasteiger partial charge in [-0.2, -0.15) is 13.2 Å². The fraction of sp³-hybridized carbons (Fsp3) is 0.211. The number of alkyl halides is 3. The van der Waals surface area contributed by atoms with Crippen LogP contribution in [0.15, 0.2) is 54.6 Å². The monoisotopic (exact) mass is 383 g/mol. The molecule has 0 aliphatic heterocycles. The molecule has 1 N–H and O–H groups in total. The van der Waals surface area contributed by atoms with Crippen LogP contribution in [0.5, 0.6) is 0 Å². The molecule has 2 aromatic carbocycles. The van der Waals surface area contributed by atoms with Gasteiger partial charge in [0.05, 0.1) is 10.6 Å². The van der Waals surface area contributed by atoms with Gasteiger partial charge in [-0.1, -0.05) is 60.2 Å². The third kappa shape index (κ3) is 6.44. The summed E-state index contributed by atoms with van der Waals surface area (Å²) < 4.78 is 42.9. The van der Waals surface area contributed by atoms with Gasteiger partial charge in [0.15, 0.2) is 0 Å². The number of rotatable bonds is 6. The molecule has 7 heteroatoms. The van der Waals surface area contributed by atoms with Gasteiger partial charge in [-0.05, 0) is 29.7 Å². The van der Waals surface area contributed by atoms with Gasteiger partial charge in [-0.15, -0.1) is 0 Å². The number of carbonyl (C=O) groups is 1. The highest BCUT2D eigenvalue weighted by atomic mass is 35.5. The van der Waals surface area contributed by atoms with Crippen LogP contribution in [-0.4, -0.2) is 12.6 Å². The van der Waals surface area contributed by atoms with Crippen LogP contribution >= 0.6 is 11.6 Å². The zero-order chi connectivity index (χ0) is 19.0. The summed E-state index contributed by atoms with van der Waals surface area (Å²) in [7, 11) is 0. The fourth-order valence-electron chi connectivity index (χ4n) is 2.12. The first kappa shape index (κ1) is 19.8. The van der Waals surface area contributed by atoms with Gasteiger partial charge in [0.25, 0.3) is 0 Å². The van der Waals surface area contributed by atoms with Crippen molar-refractivity contribution >= 4 is 23.8 Å². The van der Waals surface area contributed by atoms with E-state index in [0.29, 0.717) is 18.5 Å². The van der Waals surface area contributed by atoms with Crippen molar-refractivity contribution in [3.63, 3.8) is 0 Å². The van der Waals surface area contributed by atoms with Gasteiger partial charge in [0, 0.05) is 6.54 Å². The first-order chi connectivity index (χ1) is 12.4. The minimum atomic E-state index is -4.47. The molecule has 0 aliphatic carbocycles. The highest BCUT2D eigenvalue weighted by molar-refractivity contribution is 6.31. The first-order valence-electron chi connectivity index (χ1n) is 7.84. The summed E-state index contributed by atoms with van der Waals surface area (Å²) in [6.07, 6.45) is -1.12. The van der Waals surface area contributed by atoms with E-state index < -0.39 is 17.8 Å². The number of halogens is 4. The second-order valence-electron chi connectivity index (χ2n) is 5.42. The molecule has 26 heavy (non-hydrogen) atoms. The lowest BCUT2D eigenvalue weighted by atomic mass is 10.1. The van der Waals surface area contributed by atoms with E-state index in [2.05, 4.69) is 5.32 Å². The minimum Gasteiger partial charge on any atom is -0.445 e. The van der Waals surface area contributed by atoms with Crippen LogP contribution in [-0.2, 0) is 17.5 Å². The Hall–Kier alpha value is -2.47. The van der Waals surface area contributed by atoms with Gasteiger partial charge >= 0.3 is 12.3 Å². The molecule has 0 aromatic heterocycles. The number of amides is 1. The Balaban J connectivity index is 1.72. The van der Waals surface area contributed by atoms with Gasteiger partial charge in [-0.3, -0.25) is 0 Å². The maximum absolute atomic E-state index is 12.6. The summed E-state index contributed by atoms with van der Waals surface area (Å²) in [5.74, 6) is 0. The molecule has 0 atom stereocenters. The molecule has 0 radical (unpaired) electrons. The molecule has 3 nitrogen and oxygen atoms in total. The van der Waals surface area contributed by atoms with Crippen molar-refractivity contribution in [2.45, 2.75) is 19.2 Å². The molecule has 0 aliphatic rings. The molecule has 2 rings (SSSR count). The zero-order valence-electron chi connectivity index (χ0n) is 13.7. The molecule has 1 amide bonds. The average molecular weight is 384 g/mol. The molecule has 0 fully saturated rings. The minimum absolute atomic E-state index is 0.187. The molecule has 0 spiro atoms. The summed E-state index contributed by atoms with van der Waals surface area (Å²) >= 11 is 5.65. The summed E-state index contributed by atoms with van der Waals surface area (Å²) in [4.78, 5) is 11.5. The predicted molar refractivity (Wildman–Crippen MR) is 94.7 cm³/mol. The van der Waals surface area contributed by atoms with Crippen molar-refractivity contribution in [1.82, 2.24) is 5.32 Å². The van der Waals surface area contributed by atoms with E-state index in [9.17, 15) is 18.0 Å². The van der Waals surface area contributed by atoms with E-state index >= 15 is 0 Å². The van der Waals surface area contributed by atoms with Crippen molar-refractivity contribution < 1.29 is 22.7 Å². The third-order valence-electron chi connectivity index (χ3n) is 3.40. The van der Waals surface area contributed by atoms with Crippen LogP contribution in [0.4, 0.5) is 18.0 Å². The van der Waals surface area contributed by atoms with Crippen LogP contribution in [0.25, 0.3) is 6.08 Å². The molecule has 0 unspecified atom stereocenters. The number of carbonyl (C=O) groups excluding carboxylic acids is 1. The van der Waals surface area contributed by atoms with Crippen LogP contribution in [0, 0.1) is 0 Å². The Morgan fingerprint density at radius 1 is 1.15 bits per heavy atom. The van der Waals surface area contributed by atoms with E-state index in [-0.39, 0.29) is 11.6 Å². The third-order valence-corrected chi connectivity index (χ3v) is 3.71. The second-order valence-corrected chi connectivity index (χ2v) is 5.82. The SMILES string of the molecule is O=C(NCCC=Cc1ccc(C(F)(F)F)c(Cl)c1)OCc1ccccc1. The highest BCUT2D eigenvalue weighted by Gasteiger charge is 2.32. The van der Waals surface area contributed by atoms with Gasteiger partial charge in [0.2, 0.25) is 0 Å². The molecular formula is C19H17ClF3NO2. The van der Waals surface area contributed by atoms with Gasteiger partial charge in [0.1, 0.15) is 6.61 Å². The smallest absolute Gasteiger partial charge is 0.417 e. The number of hydrogen-bond acceptors (Lipinski definition) is 2. The fourth-order valence-corrected chi connectivity index (χ4v) is 2.41. The summed E-state index contributed by atoms with van der Waals surface area (Å²) in [6.45, 7) is 0.533. The van der Waals surface area contributed by atoms with Gasteiger partial charge in [-0.25, -0.2) is 4.79 Å². The number of hydrogen-bond donors (Lipinski definition) is 1. The Labute approximate surface area is 154 Å². The number of ether oxygens (including phenoxy) is 1. The quantitative estimate of drug-likeness (QED) is 0.651. The Morgan fingerprint density at radius 2 is 1.88 bits per heavy atom. The van der Waals surface area contributed by atoms with E-state index in [1.807, 2.05) is 30.3 Å². The van der Waals surface area contributed by atoms with Crippen molar-refractivity contribution in [2.24, 2.45) is 0 Å². The number of nitrogens with one attached hydrogen (secondary N) is 1. The predicted octanol–water partition coefficient (Wildman–Crippen LogP) is 5.69. The van der Waals surface area contributed by atoms with Crippen molar-refractivity contribution in [3.05, 3.63) is 76.3 Å². The lowest BCUT2D eigenvalue weighted by Crippen LogP contribution is -2.24. The molecule has 138 valence electrons. The van der Waals surface area contributed by atoms with Crippen LogP contribution < -0.4 is 5.32 Å². The zero-order valence-corrected chi connectivity index (χ0v) is 14.5. The maximum Gasteiger partial charge on any atom is 0.417 e. The maximum atomic E-state index is 12.6. The summed E-state index contributed by atoms with van der Waals surface area (Å²) in [5, 5.41) is 2.25. The molecule has 0 saturated carbocycles. The Bertz CT molecular complexity index is 761. The van der Waals surface area contributed by atoms with E-state index in [1.165, 1.54) is 12.1 Å². The number of alkyl carbamates (subject to hydrolysis) is 1. The highest BCUT2D eigenvalue weighted by Crippen LogP contribution is 2.35. The van der Waals surface area contributed by atoms with E-state index in [1.54, 1.807) is 12.2 Å². The Morgan fingerprint density at radius 3 is 2.54 bits per heavy atom.